The van der Waals surface area contributed by atoms with Crippen molar-refractivity contribution >= 4 is 0 Å². The molecule has 3 rings (SSSR count). The minimum absolute atomic E-state index is 0.195. The summed E-state index contributed by atoms with van der Waals surface area (Å²) in [6.07, 6.45) is 2.04. The Balaban J connectivity index is 2.01. The average Bonchev–Trinajstić information content (AvgIpc) is 2.90. The summed E-state index contributed by atoms with van der Waals surface area (Å²) in [7, 11) is 1.93. The maximum absolute atomic E-state index is 13.9. The minimum Gasteiger partial charge on any atom is -0.275 e. The van der Waals surface area contributed by atoms with Crippen LogP contribution in [-0.4, -0.2) is 9.78 Å². The number of aromatic nitrogens is 2. The fourth-order valence-corrected chi connectivity index (χ4v) is 2.68. The summed E-state index contributed by atoms with van der Waals surface area (Å²) in [6.45, 7) is 4.28. The molecule has 112 valence electrons. The van der Waals surface area contributed by atoms with Crippen molar-refractivity contribution in [3.63, 3.8) is 0 Å². The first-order valence-corrected chi connectivity index (χ1v) is 7.45. The number of aryl methyl sites for hydroxylation is 1. The molecule has 1 heterocycles. The van der Waals surface area contributed by atoms with Crippen LogP contribution >= 0.6 is 0 Å². The minimum atomic E-state index is -0.195. The third-order valence-electron chi connectivity index (χ3n) is 3.78. The van der Waals surface area contributed by atoms with Crippen molar-refractivity contribution in [2.24, 2.45) is 7.05 Å². The fourth-order valence-electron chi connectivity index (χ4n) is 2.68. The second-order valence-corrected chi connectivity index (χ2v) is 5.81. The second kappa shape index (κ2) is 5.76. The smallest absolute Gasteiger partial charge is 0.131 e. The van der Waals surface area contributed by atoms with E-state index in [1.165, 1.54) is 6.07 Å². The number of nitrogens with zero attached hydrogens (tertiary/aromatic N) is 2. The highest BCUT2D eigenvalue weighted by Crippen LogP contribution is 2.30. The van der Waals surface area contributed by atoms with Crippen molar-refractivity contribution in [1.82, 2.24) is 9.78 Å². The van der Waals surface area contributed by atoms with Gasteiger partial charge < -0.3 is 0 Å². The first kappa shape index (κ1) is 14.5. The third kappa shape index (κ3) is 2.67. The molecule has 0 aliphatic heterocycles. The Bertz CT molecular complexity index is 785. The van der Waals surface area contributed by atoms with Crippen LogP contribution in [0.2, 0.25) is 0 Å². The number of hydrogen-bond donors (Lipinski definition) is 0. The van der Waals surface area contributed by atoms with E-state index in [0.717, 1.165) is 22.4 Å². The molecule has 2 nitrogen and oxygen atoms in total. The van der Waals surface area contributed by atoms with Gasteiger partial charge in [0.1, 0.15) is 5.82 Å². The zero-order valence-electron chi connectivity index (χ0n) is 13.0. The van der Waals surface area contributed by atoms with Gasteiger partial charge in [-0.3, -0.25) is 4.68 Å². The molecule has 0 fully saturated rings. The monoisotopic (exact) mass is 294 g/mol. The van der Waals surface area contributed by atoms with Gasteiger partial charge in [-0.05, 0) is 23.1 Å². The summed E-state index contributed by atoms with van der Waals surface area (Å²) >= 11 is 0. The topological polar surface area (TPSA) is 17.8 Å². The molecular formula is C19H19FN2. The Labute approximate surface area is 130 Å². The molecule has 3 heteroatoms. The lowest BCUT2D eigenvalue weighted by atomic mass is 9.97. The van der Waals surface area contributed by atoms with E-state index in [1.807, 2.05) is 48.3 Å². The molecule has 0 saturated carbocycles. The number of halogens is 1. The van der Waals surface area contributed by atoms with E-state index in [-0.39, 0.29) is 5.82 Å². The zero-order valence-corrected chi connectivity index (χ0v) is 13.0. The number of hydrogen-bond acceptors (Lipinski definition) is 1. The van der Waals surface area contributed by atoms with Gasteiger partial charge in [0.15, 0.2) is 0 Å². The van der Waals surface area contributed by atoms with Gasteiger partial charge in [0, 0.05) is 24.4 Å². The highest BCUT2D eigenvalue weighted by molar-refractivity contribution is 5.71. The van der Waals surface area contributed by atoms with E-state index >= 15 is 0 Å². The summed E-state index contributed by atoms with van der Waals surface area (Å²) < 4.78 is 15.7. The molecule has 0 bridgehead atoms. The Morgan fingerprint density at radius 2 is 1.50 bits per heavy atom. The summed E-state index contributed by atoms with van der Waals surface area (Å²) in [5, 5.41) is 4.54. The molecule has 1 aromatic heterocycles. The lowest BCUT2D eigenvalue weighted by molar-refractivity contribution is 0.631. The Kier molecular flexibility index (Phi) is 3.80. The van der Waals surface area contributed by atoms with E-state index in [0.29, 0.717) is 11.5 Å². The van der Waals surface area contributed by atoms with Crippen LogP contribution in [0.3, 0.4) is 0 Å². The van der Waals surface area contributed by atoms with Crippen molar-refractivity contribution in [2.75, 3.05) is 0 Å². The van der Waals surface area contributed by atoms with Crippen LogP contribution in [0, 0.1) is 5.82 Å². The van der Waals surface area contributed by atoms with E-state index in [9.17, 15) is 4.39 Å². The SMILES string of the molecule is CC(C)c1nn(C)cc1-c1ccc(-c2ccccc2F)cc1. The van der Waals surface area contributed by atoms with Crippen LogP contribution in [0.4, 0.5) is 4.39 Å². The van der Waals surface area contributed by atoms with Crippen LogP contribution in [0.1, 0.15) is 25.5 Å². The molecule has 0 unspecified atom stereocenters. The highest BCUT2D eigenvalue weighted by Gasteiger charge is 2.13. The van der Waals surface area contributed by atoms with Crippen LogP contribution in [-0.2, 0) is 7.05 Å². The molecule has 0 aliphatic carbocycles. The summed E-state index contributed by atoms with van der Waals surface area (Å²) in [5.41, 5.74) is 4.84. The molecule has 0 radical (unpaired) electrons. The number of rotatable bonds is 3. The fraction of sp³-hybridized carbons (Fsp3) is 0.211. The van der Waals surface area contributed by atoms with Gasteiger partial charge in [-0.25, -0.2) is 4.39 Å². The van der Waals surface area contributed by atoms with E-state index in [1.54, 1.807) is 12.1 Å². The molecular weight excluding hydrogens is 275 g/mol. The van der Waals surface area contributed by atoms with Crippen molar-refractivity contribution in [2.45, 2.75) is 19.8 Å². The predicted molar refractivity (Wildman–Crippen MR) is 88.1 cm³/mol. The highest BCUT2D eigenvalue weighted by atomic mass is 19.1. The van der Waals surface area contributed by atoms with E-state index in [4.69, 9.17) is 0 Å². The third-order valence-corrected chi connectivity index (χ3v) is 3.78. The zero-order chi connectivity index (χ0) is 15.7. The van der Waals surface area contributed by atoms with Gasteiger partial charge in [0.25, 0.3) is 0 Å². The first-order chi connectivity index (χ1) is 10.6. The molecule has 0 saturated heterocycles. The lowest BCUT2D eigenvalue weighted by Crippen LogP contribution is -1.93. The Hall–Kier alpha value is -2.42. The van der Waals surface area contributed by atoms with Crippen molar-refractivity contribution in [1.29, 1.82) is 0 Å². The van der Waals surface area contributed by atoms with E-state index in [2.05, 4.69) is 18.9 Å². The Morgan fingerprint density at radius 1 is 0.909 bits per heavy atom. The van der Waals surface area contributed by atoms with Gasteiger partial charge in [0.05, 0.1) is 5.69 Å². The molecule has 0 N–H and O–H groups in total. The van der Waals surface area contributed by atoms with Gasteiger partial charge in [-0.2, -0.15) is 5.10 Å². The van der Waals surface area contributed by atoms with Crippen molar-refractivity contribution in [3.8, 4) is 22.3 Å². The van der Waals surface area contributed by atoms with Crippen LogP contribution < -0.4 is 0 Å². The second-order valence-electron chi connectivity index (χ2n) is 5.81. The summed E-state index contributed by atoms with van der Waals surface area (Å²) in [4.78, 5) is 0. The summed E-state index contributed by atoms with van der Waals surface area (Å²) in [5.74, 6) is 0.168. The van der Waals surface area contributed by atoms with Crippen LogP contribution in [0.25, 0.3) is 22.3 Å². The molecule has 3 aromatic rings. The molecule has 0 aliphatic rings. The maximum Gasteiger partial charge on any atom is 0.131 e. The molecule has 2 aromatic carbocycles. The van der Waals surface area contributed by atoms with Gasteiger partial charge in [0.2, 0.25) is 0 Å². The maximum atomic E-state index is 13.9. The molecule has 0 atom stereocenters. The van der Waals surface area contributed by atoms with Gasteiger partial charge in [-0.1, -0.05) is 56.3 Å². The molecule has 0 spiro atoms. The van der Waals surface area contributed by atoms with Gasteiger partial charge >= 0.3 is 0 Å². The largest absolute Gasteiger partial charge is 0.275 e. The first-order valence-electron chi connectivity index (χ1n) is 7.45. The number of benzene rings is 2. The average molecular weight is 294 g/mol. The predicted octanol–water partition coefficient (Wildman–Crippen LogP) is 5.02. The molecule has 22 heavy (non-hydrogen) atoms. The van der Waals surface area contributed by atoms with Crippen LogP contribution in [0.5, 0.6) is 0 Å². The normalized spacial score (nSPS) is 11.1. The van der Waals surface area contributed by atoms with E-state index < -0.39 is 0 Å². The van der Waals surface area contributed by atoms with Gasteiger partial charge in [-0.15, -0.1) is 0 Å². The molecule has 0 amide bonds. The summed E-state index contributed by atoms with van der Waals surface area (Å²) in [6, 6.07) is 14.8. The van der Waals surface area contributed by atoms with Crippen molar-refractivity contribution < 1.29 is 4.39 Å². The van der Waals surface area contributed by atoms with Crippen LogP contribution in [0.15, 0.2) is 54.7 Å². The standard InChI is InChI=1S/C19H19FN2/c1-13(2)19-17(12-22(3)21-19)15-10-8-14(9-11-15)16-6-4-5-7-18(16)20/h4-13H,1-3H3. The Morgan fingerprint density at radius 3 is 2.09 bits per heavy atom. The quantitative estimate of drug-likeness (QED) is 0.663. The van der Waals surface area contributed by atoms with Crippen molar-refractivity contribution in [3.05, 3.63) is 66.2 Å². The lowest BCUT2D eigenvalue weighted by Gasteiger charge is -2.07.